The van der Waals surface area contributed by atoms with Gasteiger partial charge < -0.3 is 9.64 Å². The van der Waals surface area contributed by atoms with E-state index in [9.17, 15) is 0 Å². The third-order valence-electron chi connectivity index (χ3n) is 13.7. The Labute approximate surface area is 360 Å². The Bertz CT molecular complexity index is 3260. The molecule has 294 valence electrons. The molecule has 0 aromatic heterocycles. The molecular formula is C58H48BNO. The van der Waals surface area contributed by atoms with Gasteiger partial charge >= 0.3 is 0 Å². The van der Waals surface area contributed by atoms with Crippen molar-refractivity contribution in [3.63, 3.8) is 0 Å². The topological polar surface area (TPSA) is 12.5 Å². The van der Waals surface area contributed by atoms with Gasteiger partial charge in [-0.1, -0.05) is 173 Å². The van der Waals surface area contributed by atoms with Gasteiger partial charge in [0.25, 0.3) is 0 Å². The molecule has 1 heterocycles. The average molecular weight is 786 g/mol. The second-order valence-corrected chi connectivity index (χ2v) is 18.0. The van der Waals surface area contributed by atoms with Crippen molar-refractivity contribution in [1.82, 2.24) is 0 Å². The van der Waals surface area contributed by atoms with Crippen molar-refractivity contribution in [3.05, 3.63) is 203 Å². The van der Waals surface area contributed by atoms with E-state index in [1.165, 1.54) is 93.6 Å². The molecule has 9 aromatic rings. The molecule has 61 heavy (non-hydrogen) atoms. The monoisotopic (exact) mass is 785 g/mol. The maximum Gasteiger partial charge on any atom is 0.243 e. The van der Waals surface area contributed by atoms with Gasteiger partial charge in [0.15, 0.2) is 0 Å². The van der Waals surface area contributed by atoms with Crippen molar-refractivity contribution in [2.24, 2.45) is 0 Å². The number of hydrogen-bond acceptors (Lipinski definition) is 2. The lowest BCUT2D eigenvalue weighted by molar-refractivity contribution is 0.487. The van der Waals surface area contributed by atoms with Crippen molar-refractivity contribution < 1.29 is 4.74 Å². The minimum atomic E-state index is -0.120. The summed E-state index contributed by atoms with van der Waals surface area (Å²) < 4.78 is 7.05. The average Bonchev–Trinajstić information content (AvgIpc) is 3.48. The predicted molar refractivity (Wildman–Crippen MR) is 260 cm³/mol. The summed E-state index contributed by atoms with van der Waals surface area (Å²) >= 11 is 0. The van der Waals surface area contributed by atoms with Gasteiger partial charge in [0.2, 0.25) is 6.71 Å². The minimum absolute atomic E-state index is 0.0647. The Kier molecular flexibility index (Phi) is 8.45. The van der Waals surface area contributed by atoms with E-state index in [2.05, 4.69) is 217 Å². The van der Waals surface area contributed by atoms with E-state index < -0.39 is 0 Å². The summed E-state index contributed by atoms with van der Waals surface area (Å²) in [5.74, 6) is 1.76. The van der Waals surface area contributed by atoms with Crippen molar-refractivity contribution in [3.8, 4) is 33.8 Å². The van der Waals surface area contributed by atoms with Crippen molar-refractivity contribution in [2.45, 2.75) is 53.9 Å². The lowest BCUT2D eigenvalue weighted by Crippen LogP contribution is -2.55. The number of benzene rings is 9. The molecule has 0 unspecified atom stereocenters. The van der Waals surface area contributed by atoms with E-state index in [-0.39, 0.29) is 12.1 Å². The van der Waals surface area contributed by atoms with E-state index in [4.69, 9.17) is 4.74 Å². The quantitative estimate of drug-likeness (QED) is 0.156. The summed E-state index contributed by atoms with van der Waals surface area (Å²) in [6.07, 6.45) is 0. The first-order valence-corrected chi connectivity index (χ1v) is 21.6. The highest BCUT2D eigenvalue weighted by molar-refractivity contribution is 6.97. The van der Waals surface area contributed by atoms with Crippen molar-refractivity contribution in [2.75, 3.05) is 4.90 Å². The van der Waals surface area contributed by atoms with E-state index >= 15 is 0 Å². The van der Waals surface area contributed by atoms with Crippen LogP contribution in [0.15, 0.2) is 164 Å². The summed E-state index contributed by atoms with van der Waals surface area (Å²) in [5.41, 5.74) is 21.4. The van der Waals surface area contributed by atoms with Crippen molar-refractivity contribution >= 4 is 61.7 Å². The molecule has 0 atom stereocenters. The van der Waals surface area contributed by atoms with Crippen LogP contribution in [0.5, 0.6) is 11.5 Å². The van der Waals surface area contributed by atoms with E-state index in [1.807, 2.05) is 0 Å². The SMILES string of the molecule is Cc1ccc(B(c2c(C)cc(C)cc2C)c2ccc3c4c(cccc24)Oc2cc(N(c4ccc5c(c4)C(C)(C)c4ccccc4-5)c4ccc5ccccc5c4)ccc2-3)c(C)c1. The van der Waals surface area contributed by atoms with Gasteiger partial charge in [-0.2, -0.15) is 0 Å². The zero-order valence-electron chi connectivity index (χ0n) is 36.0. The molecule has 2 nitrogen and oxygen atoms in total. The van der Waals surface area contributed by atoms with Crippen LogP contribution >= 0.6 is 0 Å². The van der Waals surface area contributed by atoms with Crippen LogP contribution in [0.3, 0.4) is 0 Å². The maximum absolute atomic E-state index is 7.05. The van der Waals surface area contributed by atoms with Gasteiger partial charge in [-0.15, -0.1) is 0 Å². The molecule has 1 aliphatic carbocycles. The maximum atomic E-state index is 7.05. The molecule has 0 N–H and O–H groups in total. The molecule has 0 saturated heterocycles. The first-order chi connectivity index (χ1) is 29.5. The number of aryl methyl sites for hydroxylation is 5. The highest BCUT2D eigenvalue weighted by atomic mass is 16.5. The molecule has 0 bridgehead atoms. The molecule has 0 fully saturated rings. The Morgan fingerprint density at radius 3 is 1.89 bits per heavy atom. The molecular weight excluding hydrogens is 737 g/mol. The zero-order chi connectivity index (χ0) is 41.7. The molecule has 2 aliphatic rings. The summed E-state index contributed by atoms with van der Waals surface area (Å²) in [6.45, 7) is 16.0. The van der Waals surface area contributed by atoms with Crippen LogP contribution in [0.2, 0.25) is 0 Å². The van der Waals surface area contributed by atoms with Crippen LogP contribution < -0.4 is 26.0 Å². The largest absolute Gasteiger partial charge is 0.456 e. The van der Waals surface area contributed by atoms with Gasteiger partial charge in [-0.3, -0.25) is 0 Å². The second-order valence-electron chi connectivity index (χ2n) is 18.0. The highest BCUT2D eigenvalue weighted by Gasteiger charge is 2.36. The van der Waals surface area contributed by atoms with E-state index in [1.54, 1.807) is 0 Å². The smallest absolute Gasteiger partial charge is 0.243 e. The number of hydrogen-bond donors (Lipinski definition) is 0. The van der Waals surface area contributed by atoms with Gasteiger partial charge in [0.05, 0.1) is 0 Å². The van der Waals surface area contributed by atoms with E-state index in [0.717, 1.165) is 34.1 Å². The van der Waals surface area contributed by atoms with Crippen LogP contribution in [-0.4, -0.2) is 6.71 Å². The summed E-state index contributed by atoms with van der Waals surface area (Å²) in [6, 6.07) is 61.0. The molecule has 1 aliphatic heterocycles. The number of anilines is 3. The molecule has 0 radical (unpaired) electrons. The molecule has 3 heteroatoms. The zero-order valence-corrected chi connectivity index (χ0v) is 36.0. The highest BCUT2D eigenvalue weighted by Crippen LogP contribution is 2.52. The van der Waals surface area contributed by atoms with E-state index in [0.29, 0.717) is 0 Å². The van der Waals surface area contributed by atoms with Crippen LogP contribution in [-0.2, 0) is 5.41 Å². The predicted octanol–water partition coefficient (Wildman–Crippen LogP) is 13.6. The van der Waals surface area contributed by atoms with Gasteiger partial charge in [0, 0.05) is 39.5 Å². The Hall–Kier alpha value is -6.84. The van der Waals surface area contributed by atoms with Gasteiger partial charge in [-0.25, -0.2) is 0 Å². The standard InChI is InChI=1S/C58H48BNO/c1-35-19-27-52(37(3)29-35)59(57-38(4)30-36(2)31-39(57)5)53-28-26-48-47-25-23-44(34-55(47)61-54-18-12-16-49(53)56(48)54)60(42-21-20-40-13-8-9-14-41(40)32-42)43-22-24-46-45-15-10-11-17-50(45)58(6,7)51(46)33-43/h8-34H,1-7H3. The molecule has 11 rings (SSSR count). The number of ether oxygens (including phenoxy) is 1. The summed E-state index contributed by atoms with van der Waals surface area (Å²) in [5, 5.41) is 4.83. The summed E-state index contributed by atoms with van der Waals surface area (Å²) in [4.78, 5) is 2.40. The fourth-order valence-corrected chi connectivity index (χ4v) is 10.9. The first-order valence-electron chi connectivity index (χ1n) is 21.6. The number of nitrogens with zero attached hydrogens (tertiary/aromatic N) is 1. The summed E-state index contributed by atoms with van der Waals surface area (Å²) in [7, 11) is 0. The molecule has 9 aromatic carbocycles. The lowest BCUT2D eigenvalue weighted by Gasteiger charge is -2.30. The van der Waals surface area contributed by atoms with Crippen LogP contribution in [0.25, 0.3) is 43.8 Å². The van der Waals surface area contributed by atoms with Crippen LogP contribution in [0.4, 0.5) is 17.1 Å². The van der Waals surface area contributed by atoms with Crippen molar-refractivity contribution in [1.29, 1.82) is 0 Å². The molecule has 0 saturated carbocycles. The second kappa shape index (κ2) is 13.9. The Balaban J connectivity index is 1.07. The normalized spacial score (nSPS) is 13.1. The number of rotatable bonds is 6. The third-order valence-corrected chi connectivity index (χ3v) is 13.7. The van der Waals surface area contributed by atoms with Gasteiger partial charge in [-0.05, 0) is 121 Å². The Morgan fingerprint density at radius 1 is 0.443 bits per heavy atom. The number of fused-ring (bicyclic) bond motifs is 6. The fraction of sp³-hybridized carbons (Fsp3) is 0.138. The third kappa shape index (κ3) is 5.86. The minimum Gasteiger partial charge on any atom is -0.456 e. The van der Waals surface area contributed by atoms with Gasteiger partial charge in [0.1, 0.15) is 11.5 Å². The molecule has 0 amide bonds. The van der Waals surface area contributed by atoms with Crippen LogP contribution in [0.1, 0.15) is 52.8 Å². The first kappa shape index (κ1) is 37.2. The lowest BCUT2D eigenvalue weighted by atomic mass is 9.34. The fourth-order valence-electron chi connectivity index (χ4n) is 10.9. The Morgan fingerprint density at radius 2 is 1.08 bits per heavy atom. The molecule has 0 spiro atoms. The van der Waals surface area contributed by atoms with Crippen LogP contribution in [0, 0.1) is 34.6 Å².